The van der Waals surface area contributed by atoms with Gasteiger partial charge in [0.05, 0.1) is 5.56 Å². The van der Waals surface area contributed by atoms with Crippen molar-refractivity contribution in [2.24, 2.45) is 0 Å². The molecule has 4 nitrogen and oxygen atoms in total. The Morgan fingerprint density at radius 3 is 2.40 bits per heavy atom. The molecular weight excluding hydrogens is 252 g/mol. The summed E-state index contributed by atoms with van der Waals surface area (Å²) in [6.07, 6.45) is 1.92. The van der Waals surface area contributed by atoms with Crippen molar-refractivity contribution in [3.8, 4) is 0 Å². The first-order chi connectivity index (χ1) is 9.63. The summed E-state index contributed by atoms with van der Waals surface area (Å²) in [5, 5.41) is 12.5. The second-order valence-electron chi connectivity index (χ2n) is 5.13. The summed E-state index contributed by atoms with van der Waals surface area (Å²) in [6, 6.07) is 13.7. The lowest BCUT2D eigenvalue weighted by Crippen LogP contribution is -2.19. The van der Waals surface area contributed by atoms with Crippen LogP contribution < -0.4 is 11.1 Å². The Morgan fingerprint density at radius 2 is 1.80 bits per heavy atom. The minimum atomic E-state index is -0.999. The third kappa shape index (κ3) is 2.32. The predicted octanol–water partition coefficient (Wildman–Crippen LogP) is 2.55. The first-order valence-corrected chi connectivity index (χ1v) is 6.59. The molecule has 2 aromatic rings. The molecule has 102 valence electrons. The van der Waals surface area contributed by atoms with Crippen molar-refractivity contribution in [1.29, 1.82) is 0 Å². The monoisotopic (exact) mass is 268 g/mol. The van der Waals surface area contributed by atoms with E-state index in [4.69, 9.17) is 10.8 Å². The zero-order valence-electron chi connectivity index (χ0n) is 11.0. The lowest BCUT2D eigenvalue weighted by Gasteiger charge is -2.14. The topological polar surface area (TPSA) is 75.3 Å². The fraction of sp³-hybridized carbons (Fsp3) is 0.188. The SMILES string of the molecule is Nc1ccc(NC2Cc3ccccc3C2)cc1C(=O)O. The van der Waals surface area contributed by atoms with Crippen molar-refractivity contribution in [1.82, 2.24) is 0 Å². The van der Waals surface area contributed by atoms with Crippen LogP contribution in [0.1, 0.15) is 21.5 Å². The highest BCUT2D eigenvalue weighted by molar-refractivity contribution is 5.94. The van der Waals surface area contributed by atoms with Gasteiger partial charge in [0.1, 0.15) is 0 Å². The lowest BCUT2D eigenvalue weighted by molar-refractivity contribution is 0.0698. The molecule has 0 fully saturated rings. The van der Waals surface area contributed by atoms with Gasteiger partial charge in [0.15, 0.2) is 0 Å². The Balaban J connectivity index is 1.77. The second kappa shape index (κ2) is 4.89. The largest absolute Gasteiger partial charge is 0.478 e. The number of nitrogens with two attached hydrogens (primary N) is 1. The fourth-order valence-corrected chi connectivity index (χ4v) is 2.73. The van der Waals surface area contributed by atoms with Crippen LogP contribution >= 0.6 is 0 Å². The Morgan fingerprint density at radius 1 is 1.15 bits per heavy atom. The van der Waals surface area contributed by atoms with Gasteiger partial charge in [0, 0.05) is 17.4 Å². The number of nitrogen functional groups attached to an aromatic ring is 1. The first kappa shape index (κ1) is 12.5. The van der Waals surface area contributed by atoms with Crippen molar-refractivity contribution in [2.75, 3.05) is 11.1 Å². The van der Waals surface area contributed by atoms with Gasteiger partial charge < -0.3 is 16.2 Å². The molecule has 0 heterocycles. The van der Waals surface area contributed by atoms with E-state index in [-0.39, 0.29) is 11.3 Å². The number of benzene rings is 2. The van der Waals surface area contributed by atoms with Crippen molar-refractivity contribution in [2.45, 2.75) is 18.9 Å². The first-order valence-electron chi connectivity index (χ1n) is 6.59. The molecule has 1 aliphatic rings. The van der Waals surface area contributed by atoms with Crippen LogP contribution in [0.4, 0.5) is 11.4 Å². The zero-order valence-corrected chi connectivity index (χ0v) is 11.0. The van der Waals surface area contributed by atoms with Gasteiger partial charge in [0.25, 0.3) is 0 Å². The van der Waals surface area contributed by atoms with E-state index in [1.807, 2.05) is 18.2 Å². The van der Waals surface area contributed by atoms with Crippen LogP contribution in [0, 0.1) is 0 Å². The smallest absolute Gasteiger partial charge is 0.337 e. The summed E-state index contributed by atoms with van der Waals surface area (Å²) in [5.41, 5.74) is 9.61. The number of carboxylic acid groups (broad SMARTS) is 1. The molecular formula is C16H16N2O2. The lowest BCUT2D eigenvalue weighted by atomic mass is 10.1. The van der Waals surface area contributed by atoms with E-state index in [0.29, 0.717) is 6.04 Å². The third-order valence-electron chi connectivity index (χ3n) is 3.71. The van der Waals surface area contributed by atoms with Gasteiger partial charge in [-0.3, -0.25) is 0 Å². The van der Waals surface area contributed by atoms with E-state index in [2.05, 4.69) is 17.4 Å². The average Bonchev–Trinajstić information content (AvgIpc) is 2.82. The van der Waals surface area contributed by atoms with E-state index in [1.165, 1.54) is 11.1 Å². The van der Waals surface area contributed by atoms with Crippen LogP contribution in [0.25, 0.3) is 0 Å². The Bertz CT molecular complexity index is 642. The molecule has 0 atom stereocenters. The Hall–Kier alpha value is -2.49. The molecule has 0 aromatic heterocycles. The Labute approximate surface area is 117 Å². The minimum Gasteiger partial charge on any atom is -0.478 e. The van der Waals surface area contributed by atoms with Crippen molar-refractivity contribution in [3.63, 3.8) is 0 Å². The van der Waals surface area contributed by atoms with Gasteiger partial charge in [-0.1, -0.05) is 24.3 Å². The minimum absolute atomic E-state index is 0.144. The number of nitrogens with one attached hydrogen (secondary N) is 1. The van der Waals surface area contributed by atoms with Crippen LogP contribution in [0.2, 0.25) is 0 Å². The molecule has 2 aromatic carbocycles. The number of hydrogen-bond donors (Lipinski definition) is 3. The van der Waals surface area contributed by atoms with Crippen molar-refractivity contribution >= 4 is 17.3 Å². The average molecular weight is 268 g/mol. The van der Waals surface area contributed by atoms with Crippen LogP contribution in [-0.2, 0) is 12.8 Å². The normalized spacial score (nSPS) is 14.0. The molecule has 1 aliphatic carbocycles. The van der Waals surface area contributed by atoms with Crippen LogP contribution in [0.5, 0.6) is 0 Å². The van der Waals surface area contributed by atoms with E-state index in [1.54, 1.807) is 12.1 Å². The van der Waals surface area contributed by atoms with E-state index < -0.39 is 5.97 Å². The molecule has 0 radical (unpaired) electrons. The summed E-state index contributed by atoms with van der Waals surface area (Å²) in [4.78, 5) is 11.1. The van der Waals surface area contributed by atoms with Crippen LogP contribution in [-0.4, -0.2) is 17.1 Å². The molecule has 4 N–H and O–H groups in total. The maximum Gasteiger partial charge on any atom is 0.337 e. The fourth-order valence-electron chi connectivity index (χ4n) is 2.73. The highest BCUT2D eigenvalue weighted by atomic mass is 16.4. The van der Waals surface area contributed by atoms with Crippen LogP contribution in [0.15, 0.2) is 42.5 Å². The van der Waals surface area contributed by atoms with Gasteiger partial charge in [-0.05, 0) is 42.2 Å². The molecule has 0 unspecified atom stereocenters. The number of carbonyl (C=O) groups is 1. The van der Waals surface area contributed by atoms with E-state index in [9.17, 15) is 4.79 Å². The molecule has 0 saturated heterocycles. The number of fused-ring (bicyclic) bond motifs is 1. The summed E-state index contributed by atoms with van der Waals surface area (Å²) in [7, 11) is 0. The van der Waals surface area contributed by atoms with Gasteiger partial charge in [-0.2, -0.15) is 0 Å². The quantitative estimate of drug-likeness (QED) is 0.748. The van der Waals surface area contributed by atoms with Gasteiger partial charge >= 0.3 is 5.97 Å². The molecule has 0 saturated carbocycles. The number of hydrogen-bond acceptors (Lipinski definition) is 3. The number of anilines is 2. The number of aromatic carboxylic acids is 1. The molecule has 0 bridgehead atoms. The van der Waals surface area contributed by atoms with E-state index in [0.717, 1.165) is 18.5 Å². The highest BCUT2D eigenvalue weighted by Gasteiger charge is 2.21. The molecule has 0 amide bonds. The summed E-state index contributed by atoms with van der Waals surface area (Å²) in [6.45, 7) is 0. The molecule has 4 heteroatoms. The third-order valence-corrected chi connectivity index (χ3v) is 3.71. The summed E-state index contributed by atoms with van der Waals surface area (Å²) in [5.74, 6) is -0.999. The molecule has 20 heavy (non-hydrogen) atoms. The highest BCUT2D eigenvalue weighted by Crippen LogP contribution is 2.25. The number of rotatable bonds is 3. The van der Waals surface area contributed by atoms with Crippen molar-refractivity contribution in [3.05, 3.63) is 59.2 Å². The van der Waals surface area contributed by atoms with Gasteiger partial charge in [-0.25, -0.2) is 4.79 Å². The second-order valence-corrected chi connectivity index (χ2v) is 5.13. The molecule has 0 spiro atoms. The molecule has 3 rings (SSSR count). The number of carboxylic acids is 1. The molecule has 0 aliphatic heterocycles. The summed E-state index contributed by atoms with van der Waals surface area (Å²) < 4.78 is 0. The van der Waals surface area contributed by atoms with Crippen LogP contribution in [0.3, 0.4) is 0 Å². The maximum atomic E-state index is 11.1. The maximum absolute atomic E-state index is 11.1. The van der Waals surface area contributed by atoms with Gasteiger partial charge in [-0.15, -0.1) is 0 Å². The summed E-state index contributed by atoms with van der Waals surface area (Å²) >= 11 is 0. The van der Waals surface area contributed by atoms with Gasteiger partial charge in [0.2, 0.25) is 0 Å². The Kier molecular flexibility index (Phi) is 3.06. The standard InChI is InChI=1S/C16H16N2O2/c17-15-6-5-12(9-14(15)16(19)20)18-13-7-10-3-1-2-4-11(10)8-13/h1-6,9,13,18H,7-8,17H2,(H,19,20). The van der Waals surface area contributed by atoms with E-state index >= 15 is 0 Å². The zero-order chi connectivity index (χ0) is 14.1. The predicted molar refractivity (Wildman–Crippen MR) is 79.1 cm³/mol. The van der Waals surface area contributed by atoms with Crippen molar-refractivity contribution < 1.29 is 9.90 Å².